The molecule has 0 fully saturated rings. The standard InChI is InChI=1S/C7H12N2.ClH/c1-6-3-4-7(5-8)9(6)2;/h3-4H,5,8H2,1-2H3;1H. The van der Waals surface area contributed by atoms with Gasteiger partial charge in [-0.3, -0.25) is 0 Å². The number of hydrogen-bond acceptors (Lipinski definition) is 1. The fourth-order valence-electron chi connectivity index (χ4n) is 0.872. The van der Waals surface area contributed by atoms with Gasteiger partial charge in [-0.25, -0.2) is 0 Å². The minimum atomic E-state index is 0. The molecule has 0 aliphatic heterocycles. The van der Waals surface area contributed by atoms with Crippen molar-refractivity contribution in [3.63, 3.8) is 0 Å². The van der Waals surface area contributed by atoms with Crippen LogP contribution in [0.4, 0.5) is 0 Å². The van der Waals surface area contributed by atoms with Crippen molar-refractivity contribution in [3.05, 3.63) is 23.5 Å². The van der Waals surface area contributed by atoms with E-state index in [9.17, 15) is 0 Å². The van der Waals surface area contributed by atoms with E-state index in [4.69, 9.17) is 5.73 Å². The fourth-order valence-corrected chi connectivity index (χ4v) is 0.872. The summed E-state index contributed by atoms with van der Waals surface area (Å²) in [6.07, 6.45) is 0. The first-order chi connectivity index (χ1) is 4.25. The minimum Gasteiger partial charge on any atom is -0.351 e. The van der Waals surface area contributed by atoms with E-state index >= 15 is 0 Å². The number of aryl methyl sites for hydroxylation is 1. The molecule has 0 aliphatic carbocycles. The van der Waals surface area contributed by atoms with Gasteiger partial charge in [0.05, 0.1) is 0 Å². The first kappa shape index (κ1) is 9.53. The SMILES string of the molecule is Cc1ccc(CN)n1C.Cl. The largest absolute Gasteiger partial charge is 0.351 e. The highest BCUT2D eigenvalue weighted by atomic mass is 35.5. The lowest BCUT2D eigenvalue weighted by atomic mass is 10.4. The second kappa shape index (κ2) is 3.64. The van der Waals surface area contributed by atoms with Gasteiger partial charge in [0.15, 0.2) is 0 Å². The highest BCUT2D eigenvalue weighted by molar-refractivity contribution is 5.85. The molecule has 3 heteroatoms. The third-order valence-corrected chi connectivity index (χ3v) is 1.69. The van der Waals surface area contributed by atoms with Crippen molar-refractivity contribution >= 4 is 12.4 Å². The first-order valence-electron chi connectivity index (χ1n) is 3.07. The zero-order valence-corrected chi connectivity index (χ0v) is 7.11. The van der Waals surface area contributed by atoms with E-state index in [1.165, 1.54) is 11.4 Å². The molecule has 0 radical (unpaired) electrons. The maximum absolute atomic E-state index is 5.44. The van der Waals surface area contributed by atoms with Gasteiger partial charge < -0.3 is 10.3 Å². The molecule has 0 spiro atoms. The predicted octanol–water partition coefficient (Wildman–Crippen LogP) is 1.21. The molecule has 0 bridgehead atoms. The molecule has 0 amide bonds. The summed E-state index contributed by atoms with van der Waals surface area (Å²) in [7, 11) is 2.03. The molecule has 0 atom stereocenters. The monoisotopic (exact) mass is 160 g/mol. The molecule has 0 aromatic carbocycles. The van der Waals surface area contributed by atoms with Crippen LogP contribution >= 0.6 is 12.4 Å². The first-order valence-corrected chi connectivity index (χ1v) is 3.07. The van der Waals surface area contributed by atoms with E-state index in [0.717, 1.165) is 0 Å². The topological polar surface area (TPSA) is 30.9 Å². The second-order valence-corrected chi connectivity index (χ2v) is 2.23. The summed E-state index contributed by atoms with van der Waals surface area (Å²) in [5, 5.41) is 0. The molecule has 2 nitrogen and oxygen atoms in total. The summed E-state index contributed by atoms with van der Waals surface area (Å²) < 4.78 is 2.10. The van der Waals surface area contributed by atoms with E-state index in [2.05, 4.69) is 23.6 Å². The molecule has 0 aliphatic rings. The Morgan fingerprint density at radius 2 is 2.10 bits per heavy atom. The lowest BCUT2D eigenvalue weighted by molar-refractivity contribution is 0.797. The molecule has 1 rings (SSSR count). The van der Waals surface area contributed by atoms with Crippen LogP contribution in [0.2, 0.25) is 0 Å². The second-order valence-electron chi connectivity index (χ2n) is 2.23. The van der Waals surface area contributed by atoms with E-state index in [0.29, 0.717) is 6.54 Å². The lowest BCUT2D eigenvalue weighted by Crippen LogP contribution is -2.03. The van der Waals surface area contributed by atoms with Gasteiger partial charge in [-0.05, 0) is 19.1 Å². The smallest absolute Gasteiger partial charge is 0.0334 e. The summed E-state index contributed by atoms with van der Waals surface area (Å²) in [5.41, 5.74) is 7.89. The Hall–Kier alpha value is -0.470. The molecule has 0 unspecified atom stereocenters. The molecular formula is C7H13ClN2. The van der Waals surface area contributed by atoms with Crippen LogP contribution in [0.3, 0.4) is 0 Å². The normalized spacial score (nSPS) is 9.10. The summed E-state index contributed by atoms with van der Waals surface area (Å²) >= 11 is 0. The highest BCUT2D eigenvalue weighted by Crippen LogP contribution is 2.03. The van der Waals surface area contributed by atoms with Crippen LogP contribution in [-0.4, -0.2) is 4.57 Å². The zero-order chi connectivity index (χ0) is 6.85. The Balaban J connectivity index is 0.000000810. The molecule has 1 aromatic heterocycles. The number of nitrogens with two attached hydrogens (primary N) is 1. The van der Waals surface area contributed by atoms with Crippen molar-refractivity contribution in [1.82, 2.24) is 4.57 Å². The number of halogens is 1. The van der Waals surface area contributed by atoms with Gasteiger partial charge >= 0.3 is 0 Å². The van der Waals surface area contributed by atoms with Gasteiger partial charge in [-0.15, -0.1) is 12.4 Å². The van der Waals surface area contributed by atoms with Gasteiger partial charge in [0.25, 0.3) is 0 Å². The van der Waals surface area contributed by atoms with Crippen LogP contribution in [0.25, 0.3) is 0 Å². The molecule has 1 aromatic rings. The summed E-state index contributed by atoms with van der Waals surface area (Å²) in [6, 6.07) is 4.12. The van der Waals surface area contributed by atoms with Crippen LogP contribution in [0.1, 0.15) is 11.4 Å². The van der Waals surface area contributed by atoms with Crippen LogP contribution in [0, 0.1) is 6.92 Å². The van der Waals surface area contributed by atoms with E-state index < -0.39 is 0 Å². The van der Waals surface area contributed by atoms with Gasteiger partial charge in [-0.1, -0.05) is 0 Å². The van der Waals surface area contributed by atoms with Gasteiger partial charge in [0.2, 0.25) is 0 Å². The average Bonchev–Trinajstić information content (AvgIpc) is 2.15. The highest BCUT2D eigenvalue weighted by Gasteiger charge is 1.95. The molecule has 1 heterocycles. The quantitative estimate of drug-likeness (QED) is 0.658. The number of hydrogen-bond donors (Lipinski definition) is 1. The van der Waals surface area contributed by atoms with E-state index in [-0.39, 0.29) is 12.4 Å². The molecular weight excluding hydrogens is 148 g/mol. The van der Waals surface area contributed by atoms with E-state index in [1.54, 1.807) is 0 Å². The third kappa shape index (κ3) is 1.52. The molecule has 0 saturated heterocycles. The maximum atomic E-state index is 5.44. The van der Waals surface area contributed by atoms with Crippen LogP contribution in [0.15, 0.2) is 12.1 Å². The minimum absolute atomic E-state index is 0. The maximum Gasteiger partial charge on any atom is 0.0334 e. The number of nitrogens with zero attached hydrogens (tertiary/aromatic N) is 1. The Labute approximate surface area is 67.4 Å². The number of aromatic nitrogens is 1. The van der Waals surface area contributed by atoms with Crippen molar-refractivity contribution in [2.24, 2.45) is 12.8 Å². The summed E-state index contributed by atoms with van der Waals surface area (Å²) in [4.78, 5) is 0. The van der Waals surface area contributed by atoms with Crippen molar-refractivity contribution in [2.45, 2.75) is 13.5 Å². The molecule has 58 valence electrons. The molecule has 2 N–H and O–H groups in total. The Bertz CT molecular complexity index is 205. The molecule has 10 heavy (non-hydrogen) atoms. The van der Waals surface area contributed by atoms with E-state index in [1.807, 2.05) is 7.05 Å². The average molecular weight is 161 g/mol. The molecule has 0 saturated carbocycles. The lowest BCUT2D eigenvalue weighted by Gasteiger charge is -1.99. The summed E-state index contributed by atoms with van der Waals surface area (Å²) in [6.45, 7) is 2.70. The number of rotatable bonds is 1. The predicted molar refractivity (Wildman–Crippen MR) is 45.3 cm³/mol. The Morgan fingerprint density at radius 1 is 1.50 bits per heavy atom. The van der Waals surface area contributed by atoms with Crippen molar-refractivity contribution in [1.29, 1.82) is 0 Å². The summed E-state index contributed by atoms with van der Waals surface area (Å²) in [5.74, 6) is 0. The van der Waals surface area contributed by atoms with Gasteiger partial charge in [-0.2, -0.15) is 0 Å². The van der Waals surface area contributed by atoms with Gasteiger partial charge in [0, 0.05) is 25.0 Å². The zero-order valence-electron chi connectivity index (χ0n) is 6.29. The van der Waals surface area contributed by atoms with Crippen molar-refractivity contribution in [2.75, 3.05) is 0 Å². The Kier molecular flexibility index (Phi) is 3.47. The van der Waals surface area contributed by atoms with Crippen molar-refractivity contribution in [3.8, 4) is 0 Å². The Morgan fingerprint density at radius 3 is 2.30 bits per heavy atom. The third-order valence-electron chi connectivity index (χ3n) is 1.69. The van der Waals surface area contributed by atoms with Crippen LogP contribution in [0.5, 0.6) is 0 Å². The van der Waals surface area contributed by atoms with Crippen LogP contribution in [-0.2, 0) is 13.6 Å². The van der Waals surface area contributed by atoms with Gasteiger partial charge in [0.1, 0.15) is 0 Å². The fraction of sp³-hybridized carbons (Fsp3) is 0.429. The van der Waals surface area contributed by atoms with Crippen molar-refractivity contribution < 1.29 is 0 Å². The van der Waals surface area contributed by atoms with Crippen LogP contribution < -0.4 is 5.73 Å².